The van der Waals surface area contributed by atoms with E-state index in [4.69, 9.17) is 21.1 Å². The first-order valence-electron chi connectivity index (χ1n) is 12.3. The molecule has 0 spiro atoms. The Balaban J connectivity index is 1.28. The first-order chi connectivity index (χ1) is 19.4. The summed E-state index contributed by atoms with van der Waals surface area (Å²) in [6, 6.07) is 27.8. The normalized spacial score (nSPS) is 12.1. The minimum atomic E-state index is -0.511. The van der Waals surface area contributed by atoms with Gasteiger partial charge in [0.25, 0.3) is 11.8 Å². The largest absolute Gasteiger partial charge is 0.454 e. The molecule has 7 nitrogen and oxygen atoms in total. The summed E-state index contributed by atoms with van der Waals surface area (Å²) in [4.78, 5) is 39.7. The van der Waals surface area contributed by atoms with Crippen LogP contribution in [0.15, 0.2) is 108 Å². The third kappa shape index (κ3) is 6.91. The Morgan fingerprint density at radius 2 is 1.62 bits per heavy atom. The van der Waals surface area contributed by atoms with Gasteiger partial charge in [0.05, 0.1) is 5.75 Å². The van der Waals surface area contributed by atoms with Gasteiger partial charge in [-0.1, -0.05) is 48.0 Å². The lowest BCUT2D eigenvalue weighted by Gasteiger charge is -2.12. The second kappa shape index (κ2) is 12.5. The number of anilines is 1. The maximum Gasteiger partial charge on any atom is 0.272 e. The number of ether oxygens (including phenoxy) is 2. The molecule has 0 aliphatic carbocycles. The van der Waals surface area contributed by atoms with Crippen LogP contribution < -0.4 is 20.1 Å². The second-order valence-corrected chi connectivity index (χ2v) is 10.2. The first-order valence-corrected chi connectivity index (χ1v) is 13.6. The zero-order valence-electron chi connectivity index (χ0n) is 21.1. The number of thioether (sulfide) groups is 1. The van der Waals surface area contributed by atoms with Crippen molar-refractivity contribution in [2.24, 2.45) is 0 Å². The van der Waals surface area contributed by atoms with Gasteiger partial charge < -0.3 is 20.1 Å². The molecular weight excluding hydrogens is 548 g/mol. The van der Waals surface area contributed by atoms with Crippen LogP contribution in [0.4, 0.5) is 5.69 Å². The maximum absolute atomic E-state index is 13.3. The minimum Gasteiger partial charge on any atom is -0.454 e. The van der Waals surface area contributed by atoms with Crippen molar-refractivity contribution in [3.63, 3.8) is 0 Å². The fourth-order valence-corrected chi connectivity index (χ4v) is 4.92. The van der Waals surface area contributed by atoms with E-state index >= 15 is 0 Å². The third-order valence-corrected chi connectivity index (χ3v) is 7.07. The van der Waals surface area contributed by atoms with Gasteiger partial charge in [-0.2, -0.15) is 0 Å². The van der Waals surface area contributed by atoms with Crippen molar-refractivity contribution >= 4 is 52.7 Å². The number of fused-ring (bicyclic) bond motifs is 1. The van der Waals surface area contributed by atoms with Gasteiger partial charge in [-0.25, -0.2) is 0 Å². The fraction of sp³-hybridized carbons (Fsp3) is 0.0645. The van der Waals surface area contributed by atoms with Gasteiger partial charge >= 0.3 is 0 Å². The van der Waals surface area contributed by atoms with Crippen molar-refractivity contribution in [3.8, 4) is 11.5 Å². The van der Waals surface area contributed by atoms with E-state index in [0.29, 0.717) is 38.9 Å². The number of carbonyl (C=O) groups excluding carboxylic acids is 3. The van der Waals surface area contributed by atoms with Crippen molar-refractivity contribution in [2.75, 3.05) is 17.9 Å². The smallest absolute Gasteiger partial charge is 0.272 e. The molecule has 0 unspecified atom stereocenters. The van der Waals surface area contributed by atoms with E-state index < -0.39 is 11.8 Å². The number of amides is 2. The van der Waals surface area contributed by atoms with Crippen LogP contribution in [0, 0.1) is 0 Å². The van der Waals surface area contributed by atoms with Gasteiger partial charge in [0.2, 0.25) is 6.79 Å². The molecule has 5 rings (SSSR count). The van der Waals surface area contributed by atoms with Crippen LogP contribution in [0.2, 0.25) is 5.02 Å². The van der Waals surface area contributed by atoms with E-state index in [9.17, 15) is 14.4 Å². The molecule has 0 saturated carbocycles. The van der Waals surface area contributed by atoms with Gasteiger partial charge in [-0.3, -0.25) is 14.4 Å². The van der Waals surface area contributed by atoms with E-state index in [1.54, 1.807) is 97.1 Å². The lowest BCUT2D eigenvalue weighted by Crippen LogP contribution is -2.30. The Morgan fingerprint density at radius 1 is 0.825 bits per heavy atom. The molecule has 200 valence electrons. The number of hydrogen-bond acceptors (Lipinski definition) is 6. The van der Waals surface area contributed by atoms with Gasteiger partial charge in [-0.15, -0.1) is 11.8 Å². The molecular formula is C31H23ClN2O5S. The number of halogens is 1. The number of hydrogen-bond donors (Lipinski definition) is 2. The molecule has 0 atom stereocenters. The summed E-state index contributed by atoms with van der Waals surface area (Å²) in [5.41, 5.74) is 2.16. The van der Waals surface area contributed by atoms with Crippen molar-refractivity contribution in [3.05, 3.63) is 124 Å². The van der Waals surface area contributed by atoms with Crippen molar-refractivity contribution in [2.45, 2.75) is 4.90 Å². The zero-order valence-corrected chi connectivity index (χ0v) is 22.6. The lowest BCUT2D eigenvalue weighted by atomic mass is 10.1. The average Bonchev–Trinajstić information content (AvgIpc) is 3.44. The van der Waals surface area contributed by atoms with E-state index in [1.165, 1.54) is 11.8 Å². The second-order valence-electron chi connectivity index (χ2n) is 8.70. The Labute approximate surface area is 240 Å². The van der Waals surface area contributed by atoms with Crippen LogP contribution in [0.25, 0.3) is 6.08 Å². The standard InChI is InChI=1S/C31H23ClN2O5S/c32-23-9-4-6-20(14-23)15-26(34-30(36)21-7-2-1-3-8-21)31(37)33-24-10-5-11-25(17-24)40-18-27(35)22-12-13-28-29(16-22)39-19-38-28/h1-17H,18-19H2,(H,33,37)(H,34,36)/b26-15-. The number of nitrogens with one attached hydrogen (secondary N) is 2. The van der Waals surface area contributed by atoms with Crippen molar-refractivity contribution < 1.29 is 23.9 Å². The molecule has 4 aromatic rings. The van der Waals surface area contributed by atoms with Crippen LogP contribution in [-0.4, -0.2) is 30.1 Å². The van der Waals surface area contributed by atoms with E-state index in [1.807, 2.05) is 6.07 Å². The van der Waals surface area contributed by atoms with E-state index in [-0.39, 0.29) is 24.0 Å². The maximum atomic E-state index is 13.3. The molecule has 0 fully saturated rings. The van der Waals surface area contributed by atoms with Crippen molar-refractivity contribution in [1.82, 2.24) is 5.32 Å². The molecule has 40 heavy (non-hydrogen) atoms. The molecule has 1 heterocycles. The highest BCUT2D eigenvalue weighted by Crippen LogP contribution is 2.33. The fourth-order valence-electron chi connectivity index (χ4n) is 3.87. The van der Waals surface area contributed by atoms with Crippen LogP contribution >= 0.6 is 23.4 Å². The molecule has 2 amide bonds. The summed E-state index contributed by atoms with van der Waals surface area (Å²) < 4.78 is 10.7. The molecule has 9 heteroatoms. The van der Waals surface area contributed by atoms with Crippen LogP contribution in [0.3, 0.4) is 0 Å². The monoisotopic (exact) mass is 570 g/mol. The Bertz CT molecular complexity index is 1610. The zero-order chi connectivity index (χ0) is 27.9. The number of ketones is 1. The number of rotatable bonds is 9. The number of carbonyl (C=O) groups is 3. The predicted molar refractivity (Wildman–Crippen MR) is 156 cm³/mol. The molecule has 0 saturated heterocycles. The highest BCUT2D eigenvalue weighted by molar-refractivity contribution is 8.00. The SMILES string of the molecule is O=C(Nc1cccc(SCC(=O)c2ccc3c(c2)OCO3)c1)/C(=C/c1cccc(Cl)c1)NC(=O)c1ccccc1. The third-order valence-electron chi connectivity index (χ3n) is 5.84. The molecule has 1 aliphatic heterocycles. The molecule has 2 N–H and O–H groups in total. The summed E-state index contributed by atoms with van der Waals surface area (Å²) in [5, 5.41) is 6.05. The molecule has 0 aromatic heterocycles. The van der Waals surface area contributed by atoms with Crippen molar-refractivity contribution in [1.29, 1.82) is 0 Å². The predicted octanol–water partition coefficient (Wildman–Crippen LogP) is 6.45. The highest BCUT2D eigenvalue weighted by Gasteiger charge is 2.18. The summed E-state index contributed by atoms with van der Waals surface area (Å²) in [6.07, 6.45) is 1.56. The topological polar surface area (TPSA) is 93.7 Å². The summed E-state index contributed by atoms with van der Waals surface area (Å²) in [7, 11) is 0. The summed E-state index contributed by atoms with van der Waals surface area (Å²) in [5.74, 6) is 0.383. The Kier molecular flexibility index (Phi) is 8.49. The van der Waals surface area contributed by atoms with Gasteiger partial charge in [0.1, 0.15) is 5.70 Å². The van der Waals surface area contributed by atoms with Gasteiger partial charge in [0, 0.05) is 26.7 Å². The molecule has 0 bridgehead atoms. The molecule has 1 aliphatic rings. The van der Waals surface area contributed by atoms with E-state index in [2.05, 4.69) is 10.6 Å². The highest BCUT2D eigenvalue weighted by atomic mass is 35.5. The number of benzene rings is 4. The average molecular weight is 571 g/mol. The molecule has 0 radical (unpaired) electrons. The first kappa shape index (κ1) is 27.1. The summed E-state index contributed by atoms with van der Waals surface area (Å²) >= 11 is 7.46. The Hall–Kier alpha value is -4.53. The van der Waals surface area contributed by atoms with Crippen LogP contribution in [0.5, 0.6) is 11.5 Å². The van der Waals surface area contributed by atoms with Crippen LogP contribution in [0.1, 0.15) is 26.3 Å². The Morgan fingerprint density at radius 3 is 2.45 bits per heavy atom. The quantitative estimate of drug-likeness (QED) is 0.136. The molecule has 4 aromatic carbocycles. The summed E-state index contributed by atoms with van der Waals surface area (Å²) in [6.45, 7) is 0.145. The van der Waals surface area contributed by atoms with Gasteiger partial charge in [-0.05, 0) is 72.3 Å². The van der Waals surface area contributed by atoms with Gasteiger partial charge in [0.15, 0.2) is 17.3 Å². The van der Waals surface area contributed by atoms with Crippen LogP contribution in [-0.2, 0) is 4.79 Å². The lowest BCUT2D eigenvalue weighted by molar-refractivity contribution is -0.113. The van der Waals surface area contributed by atoms with E-state index in [0.717, 1.165) is 4.90 Å². The number of Topliss-reactive ketones (excluding diaryl/α,β-unsaturated/α-hetero) is 1. The minimum absolute atomic E-state index is 0.0483.